The Morgan fingerprint density at radius 1 is 1.04 bits per heavy atom. The second kappa shape index (κ2) is 6.07. The number of benzene rings is 2. The summed E-state index contributed by atoms with van der Waals surface area (Å²) in [5.41, 5.74) is 1.91. The number of nitrogens with zero attached hydrogens (tertiary/aromatic N) is 4. The van der Waals surface area contributed by atoms with Crippen LogP contribution in [0.2, 0.25) is 0 Å². The summed E-state index contributed by atoms with van der Waals surface area (Å²) in [6.07, 6.45) is 1.37. The Bertz CT molecular complexity index is 1110. The topological polar surface area (TPSA) is 124 Å². The number of ketones is 2. The van der Waals surface area contributed by atoms with Gasteiger partial charge in [-0.3, -0.25) is 9.59 Å². The van der Waals surface area contributed by atoms with E-state index < -0.39 is 0 Å². The van der Waals surface area contributed by atoms with Crippen molar-refractivity contribution in [3.63, 3.8) is 0 Å². The van der Waals surface area contributed by atoms with E-state index >= 15 is 0 Å². The highest BCUT2D eigenvalue weighted by molar-refractivity contribution is 6.30. The van der Waals surface area contributed by atoms with Gasteiger partial charge in [-0.25, -0.2) is 0 Å². The molecule has 26 heavy (non-hydrogen) atoms. The minimum Gasteiger partial charge on any atom is -0.360 e. The number of anilines is 1. The third kappa shape index (κ3) is 2.35. The molecule has 0 spiro atoms. The Labute approximate surface area is 147 Å². The van der Waals surface area contributed by atoms with Crippen molar-refractivity contribution in [3.05, 3.63) is 76.7 Å². The Hall–Kier alpha value is -4.12. The fourth-order valence-electron chi connectivity index (χ4n) is 2.84. The third-order valence-corrected chi connectivity index (χ3v) is 4.03. The van der Waals surface area contributed by atoms with Gasteiger partial charge < -0.3 is 5.32 Å². The van der Waals surface area contributed by atoms with Gasteiger partial charge in [0.2, 0.25) is 5.82 Å². The van der Waals surface area contributed by atoms with Crippen LogP contribution in [0.4, 0.5) is 5.69 Å². The number of tetrazole rings is 1. The number of hydrogen-bond acceptors (Lipinski definition) is 7. The van der Waals surface area contributed by atoms with Crippen LogP contribution >= 0.6 is 0 Å². The first-order valence-electron chi connectivity index (χ1n) is 7.62. The lowest BCUT2D eigenvalue weighted by Gasteiger charge is -2.19. The molecule has 8 heteroatoms. The normalized spacial score (nSPS) is 13.0. The van der Waals surface area contributed by atoms with Crippen molar-refractivity contribution in [1.29, 1.82) is 5.26 Å². The van der Waals surface area contributed by atoms with Crippen LogP contribution in [0, 0.1) is 11.3 Å². The lowest BCUT2D eigenvalue weighted by Crippen LogP contribution is -2.22. The summed E-state index contributed by atoms with van der Waals surface area (Å²) in [7, 11) is 0. The zero-order chi connectivity index (χ0) is 18.1. The molecule has 0 aliphatic heterocycles. The van der Waals surface area contributed by atoms with E-state index in [1.165, 1.54) is 6.20 Å². The molecule has 0 bridgehead atoms. The number of fused-ring (bicyclic) bond motifs is 2. The van der Waals surface area contributed by atoms with Crippen molar-refractivity contribution in [2.75, 3.05) is 5.32 Å². The molecular weight excluding hydrogens is 332 g/mol. The molecule has 2 N–H and O–H groups in total. The van der Waals surface area contributed by atoms with Crippen LogP contribution in [-0.2, 0) is 0 Å². The molecule has 0 saturated heterocycles. The number of carbonyl (C=O) groups excluding carboxylic acids is 2. The number of aromatic amines is 1. The van der Waals surface area contributed by atoms with Crippen LogP contribution < -0.4 is 5.32 Å². The van der Waals surface area contributed by atoms with E-state index in [0.717, 1.165) is 0 Å². The van der Waals surface area contributed by atoms with Crippen molar-refractivity contribution in [3.8, 4) is 6.07 Å². The standard InChI is InChI=1S/C18H10N6O2/c19-8-10(18-21-23-24-22-18)9-20-14-7-3-6-13-15(14)17(26)12-5-2-1-4-11(12)16(13)25/h1-7,9,20H,(H,21,22,23,24). The maximum atomic E-state index is 12.9. The summed E-state index contributed by atoms with van der Waals surface area (Å²) in [6, 6.07) is 13.6. The lowest BCUT2D eigenvalue weighted by molar-refractivity contribution is 0.0979. The van der Waals surface area contributed by atoms with Gasteiger partial charge in [0.25, 0.3) is 0 Å². The maximum Gasteiger partial charge on any atom is 0.216 e. The molecule has 0 saturated carbocycles. The minimum atomic E-state index is -0.246. The first-order chi connectivity index (χ1) is 12.7. The summed E-state index contributed by atoms with van der Waals surface area (Å²) in [5.74, 6) is -0.330. The number of H-pyrrole nitrogens is 1. The summed E-state index contributed by atoms with van der Waals surface area (Å²) in [4.78, 5) is 25.6. The Balaban J connectivity index is 1.78. The molecule has 3 aromatic rings. The van der Waals surface area contributed by atoms with Crippen molar-refractivity contribution >= 4 is 22.8 Å². The van der Waals surface area contributed by atoms with E-state index in [0.29, 0.717) is 22.4 Å². The highest BCUT2D eigenvalue weighted by atomic mass is 16.1. The highest BCUT2D eigenvalue weighted by Gasteiger charge is 2.31. The van der Waals surface area contributed by atoms with Gasteiger partial charge >= 0.3 is 0 Å². The fraction of sp³-hybridized carbons (Fsp3) is 0. The number of nitriles is 1. The predicted octanol–water partition coefficient (Wildman–Crippen LogP) is 1.95. The monoisotopic (exact) mass is 342 g/mol. The van der Waals surface area contributed by atoms with Crippen molar-refractivity contribution in [1.82, 2.24) is 20.6 Å². The molecule has 1 aliphatic rings. The van der Waals surface area contributed by atoms with E-state index in [9.17, 15) is 14.9 Å². The van der Waals surface area contributed by atoms with E-state index in [-0.39, 0.29) is 28.5 Å². The molecule has 124 valence electrons. The van der Waals surface area contributed by atoms with Crippen LogP contribution in [0.5, 0.6) is 0 Å². The quantitative estimate of drug-likeness (QED) is 0.545. The summed E-state index contributed by atoms with van der Waals surface area (Å²) in [6.45, 7) is 0. The SMILES string of the molecule is N#CC(=CNc1cccc2c1C(=O)c1ccccc1C2=O)c1nn[nH]n1. The predicted molar refractivity (Wildman–Crippen MR) is 91.1 cm³/mol. The number of carbonyl (C=O) groups is 2. The van der Waals surface area contributed by atoms with Gasteiger partial charge in [0.1, 0.15) is 11.6 Å². The number of rotatable bonds is 3. The Kier molecular flexibility index (Phi) is 3.60. The Morgan fingerprint density at radius 2 is 1.77 bits per heavy atom. The van der Waals surface area contributed by atoms with Crippen LogP contribution in [0.15, 0.2) is 48.7 Å². The number of allylic oxidation sites excluding steroid dienone is 1. The van der Waals surface area contributed by atoms with Crippen LogP contribution in [0.3, 0.4) is 0 Å². The number of nitrogens with one attached hydrogen (secondary N) is 2. The van der Waals surface area contributed by atoms with Gasteiger partial charge in [0.05, 0.1) is 11.3 Å². The first kappa shape index (κ1) is 15.4. The second-order valence-electron chi connectivity index (χ2n) is 5.48. The number of aromatic nitrogens is 4. The van der Waals surface area contributed by atoms with E-state index in [2.05, 4.69) is 25.9 Å². The molecule has 4 rings (SSSR count). The van der Waals surface area contributed by atoms with Gasteiger partial charge in [0.15, 0.2) is 11.6 Å². The van der Waals surface area contributed by atoms with E-state index in [1.807, 2.05) is 6.07 Å². The van der Waals surface area contributed by atoms with Gasteiger partial charge in [-0.15, -0.1) is 10.2 Å². The molecule has 0 unspecified atom stereocenters. The molecule has 1 aliphatic carbocycles. The van der Waals surface area contributed by atoms with Crippen LogP contribution in [0.25, 0.3) is 5.57 Å². The first-order valence-corrected chi connectivity index (χ1v) is 7.62. The maximum absolute atomic E-state index is 12.9. The zero-order valence-corrected chi connectivity index (χ0v) is 13.2. The van der Waals surface area contributed by atoms with Gasteiger partial charge in [0, 0.05) is 22.9 Å². The molecule has 2 aromatic carbocycles. The number of hydrogen-bond donors (Lipinski definition) is 2. The largest absolute Gasteiger partial charge is 0.360 e. The smallest absolute Gasteiger partial charge is 0.216 e. The summed E-state index contributed by atoms with van der Waals surface area (Å²) < 4.78 is 0. The molecular formula is C18H10N6O2. The molecule has 0 amide bonds. The third-order valence-electron chi connectivity index (χ3n) is 4.03. The van der Waals surface area contributed by atoms with E-state index in [1.54, 1.807) is 42.5 Å². The molecule has 1 heterocycles. The fourth-order valence-corrected chi connectivity index (χ4v) is 2.84. The molecule has 8 nitrogen and oxygen atoms in total. The lowest BCUT2D eigenvalue weighted by atomic mass is 9.83. The highest BCUT2D eigenvalue weighted by Crippen LogP contribution is 2.32. The van der Waals surface area contributed by atoms with E-state index in [4.69, 9.17) is 0 Å². The van der Waals surface area contributed by atoms with Gasteiger partial charge in [-0.05, 0) is 11.3 Å². The average Bonchev–Trinajstić information content (AvgIpc) is 3.21. The minimum absolute atomic E-state index is 0.123. The molecule has 1 aromatic heterocycles. The summed E-state index contributed by atoms with van der Waals surface area (Å²) >= 11 is 0. The van der Waals surface area contributed by atoms with Crippen molar-refractivity contribution in [2.45, 2.75) is 0 Å². The molecule has 0 radical (unpaired) electrons. The van der Waals surface area contributed by atoms with Crippen molar-refractivity contribution in [2.24, 2.45) is 0 Å². The van der Waals surface area contributed by atoms with Crippen LogP contribution in [0.1, 0.15) is 37.7 Å². The molecule has 0 atom stereocenters. The zero-order valence-electron chi connectivity index (χ0n) is 13.2. The summed E-state index contributed by atoms with van der Waals surface area (Å²) in [5, 5.41) is 25.3. The van der Waals surface area contributed by atoms with Gasteiger partial charge in [-0.2, -0.15) is 10.5 Å². The second-order valence-corrected chi connectivity index (χ2v) is 5.48. The molecule has 0 fully saturated rings. The van der Waals surface area contributed by atoms with Crippen LogP contribution in [-0.4, -0.2) is 32.2 Å². The van der Waals surface area contributed by atoms with Crippen molar-refractivity contribution < 1.29 is 9.59 Å². The average molecular weight is 342 g/mol. The van der Waals surface area contributed by atoms with Gasteiger partial charge in [-0.1, -0.05) is 36.4 Å². The Morgan fingerprint density at radius 3 is 2.46 bits per heavy atom.